The first-order chi connectivity index (χ1) is 15.0. The second-order valence-corrected chi connectivity index (χ2v) is 7.56. The smallest absolute Gasteiger partial charge is 0.271 e. The number of carbonyl (C=O) groups excluding carboxylic acids is 3. The van der Waals surface area contributed by atoms with Crippen molar-refractivity contribution >= 4 is 34.3 Å². The van der Waals surface area contributed by atoms with Crippen molar-refractivity contribution in [3.05, 3.63) is 54.2 Å². The first-order valence-electron chi connectivity index (χ1n) is 9.85. The number of benzene rings is 2. The molecule has 1 fully saturated rings. The van der Waals surface area contributed by atoms with Gasteiger partial charge in [-0.05, 0) is 18.2 Å². The average molecular weight is 420 g/mol. The van der Waals surface area contributed by atoms with E-state index < -0.39 is 17.7 Å². The third kappa shape index (κ3) is 3.33. The van der Waals surface area contributed by atoms with Gasteiger partial charge in [-0.1, -0.05) is 18.2 Å². The lowest BCUT2D eigenvalue weighted by molar-refractivity contribution is -0.126. The van der Waals surface area contributed by atoms with Crippen molar-refractivity contribution in [2.45, 2.75) is 6.42 Å². The van der Waals surface area contributed by atoms with E-state index in [0.717, 1.165) is 10.9 Å². The molecule has 0 bridgehead atoms. The lowest BCUT2D eigenvalue weighted by atomic mass is 10.1. The van der Waals surface area contributed by atoms with Gasteiger partial charge in [0.25, 0.3) is 5.91 Å². The molecule has 2 aromatic carbocycles. The van der Waals surface area contributed by atoms with E-state index in [9.17, 15) is 14.4 Å². The van der Waals surface area contributed by atoms with Gasteiger partial charge in [-0.3, -0.25) is 25.2 Å². The molecule has 158 valence electrons. The molecule has 1 saturated heterocycles. The van der Waals surface area contributed by atoms with E-state index in [1.54, 1.807) is 29.3 Å². The standard InChI is InChI=1S/C22H20N4O5/c1-25-11-16(15-4-2-3-5-17(15)25)22(29)24-23-21(28)13-8-20(27)26(10-13)14-6-7-18-19(9-14)31-12-30-18/h2-7,9,11,13H,8,10,12H2,1H3,(H,23,28)(H,24,29). The first kappa shape index (κ1) is 19.0. The lowest BCUT2D eigenvalue weighted by Crippen LogP contribution is -2.45. The molecule has 2 aliphatic heterocycles. The predicted molar refractivity (Wildman–Crippen MR) is 112 cm³/mol. The maximum Gasteiger partial charge on any atom is 0.271 e. The minimum absolute atomic E-state index is 0.0599. The molecule has 3 amide bonds. The van der Waals surface area contributed by atoms with Crippen molar-refractivity contribution < 1.29 is 23.9 Å². The Bertz CT molecular complexity index is 1220. The number of hydrazine groups is 1. The Morgan fingerprint density at radius 2 is 1.87 bits per heavy atom. The van der Waals surface area contributed by atoms with Crippen LogP contribution in [0.15, 0.2) is 48.7 Å². The van der Waals surface area contributed by atoms with Gasteiger partial charge in [0.2, 0.25) is 18.6 Å². The lowest BCUT2D eigenvalue weighted by Gasteiger charge is -2.17. The fraction of sp³-hybridized carbons (Fsp3) is 0.227. The Labute approximate surface area is 177 Å². The van der Waals surface area contributed by atoms with Crippen LogP contribution in [0.1, 0.15) is 16.8 Å². The van der Waals surface area contributed by atoms with Gasteiger partial charge in [-0.25, -0.2) is 0 Å². The van der Waals surface area contributed by atoms with Gasteiger partial charge in [0.05, 0.1) is 11.5 Å². The van der Waals surface area contributed by atoms with Crippen molar-refractivity contribution in [1.29, 1.82) is 0 Å². The number of aromatic nitrogens is 1. The van der Waals surface area contributed by atoms with Gasteiger partial charge >= 0.3 is 0 Å². The summed E-state index contributed by atoms with van der Waals surface area (Å²) < 4.78 is 12.5. The minimum atomic E-state index is -0.578. The van der Waals surface area contributed by atoms with E-state index >= 15 is 0 Å². The van der Waals surface area contributed by atoms with Crippen molar-refractivity contribution in [1.82, 2.24) is 15.4 Å². The highest BCUT2D eigenvalue weighted by Gasteiger charge is 2.36. The number of fused-ring (bicyclic) bond motifs is 2. The normalized spacial score (nSPS) is 17.3. The molecule has 3 aromatic rings. The van der Waals surface area contributed by atoms with Crippen molar-refractivity contribution in [2.75, 3.05) is 18.2 Å². The van der Waals surface area contributed by atoms with E-state index in [1.807, 2.05) is 35.9 Å². The maximum atomic E-state index is 12.6. The summed E-state index contributed by atoms with van der Waals surface area (Å²) in [6.07, 6.45) is 1.77. The van der Waals surface area contributed by atoms with E-state index in [0.29, 0.717) is 22.7 Å². The molecule has 1 atom stereocenters. The maximum absolute atomic E-state index is 12.6. The molecule has 0 saturated carbocycles. The largest absolute Gasteiger partial charge is 0.454 e. The molecule has 3 heterocycles. The van der Waals surface area contributed by atoms with Crippen LogP contribution in [0.4, 0.5) is 5.69 Å². The Morgan fingerprint density at radius 1 is 1.06 bits per heavy atom. The van der Waals surface area contributed by atoms with Crippen molar-refractivity contribution in [2.24, 2.45) is 13.0 Å². The Balaban J connectivity index is 1.24. The second kappa shape index (κ2) is 7.35. The summed E-state index contributed by atoms with van der Waals surface area (Å²) in [6, 6.07) is 12.7. The highest BCUT2D eigenvalue weighted by molar-refractivity contribution is 6.07. The third-order valence-corrected chi connectivity index (χ3v) is 5.60. The molecule has 9 heteroatoms. The molecule has 2 N–H and O–H groups in total. The Kier molecular flexibility index (Phi) is 4.50. The molecule has 0 aliphatic carbocycles. The highest BCUT2D eigenvalue weighted by atomic mass is 16.7. The number of nitrogens with one attached hydrogen (secondary N) is 2. The summed E-state index contributed by atoms with van der Waals surface area (Å²) >= 11 is 0. The van der Waals surface area contributed by atoms with Gasteiger partial charge in [0, 0.05) is 48.9 Å². The van der Waals surface area contributed by atoms with Gasteiger partial charge in [0.1, 0.15) is 0 Å². The van der Waals surface area contributed by atoms with Crippen LogP contribution in [0.2, 0.25) is 0 Å². The third-order valence-electron chi connectivity index (χ3n) is 5.60. The molecular weight excluding hydrogens is 400 g/mol. The van der Waals surface area contributed by atoms with Gasteiger partial charge < -0.3 is 18.9 Å². The number of rotatable bonds is 3. The van der Waals surface area contributed by atoms with Crippen LogP contribution in [0.25, 0.3) is 10.9 Å². The summed E-state index contributed by atoms with van der Waals surface area (Å²) in [5.41, 5.74) is 6.95. The van der Waals surface area contributed by atoms with Crippen LogP contribution in [-0.2, 0) is 16.6 Å². The Hall–Kier alpha value is -4.01. The van der Waals surface area contributed by atoms with E-state index in [4.69, 9.17) is 9.47 Å². The highest BCUT2D eigenvalue weighted by Crippen LogP contribution is 2.37. The molecule has 2 aliphatic rings. The Morgan fingerprint density at radius 3 is 2.74 bits per heavy atom. The second-order valence-electron chi connectivity index (χ2n) is 7.56. The van der Waals surface area contributed by atoms with Gasteiger partial charge in [-0.2, -0.15) is 0 Å². The molecule has 31 heavy (non-hydrogen) atoms. The van der Waals surface area contributed by atoms with Crippen LogP contribution in [0, 0.1) is 5.92 Å². The SMILES string of the molecule is Cn1cc(C(=O)NNC(=O)C2CC(=O)N(c3ccc4c(c3)OCO4)C2)c2ccccc21. The number of hydrogen-bond acceptors (Lipinski definition) is 5. The summed E-state index contributed by atoms with van der Waals surface area (Å²) in [7, 11) is 1.85. The zero-order chi connectivity index (χ0) is 21.5. The molecule has 9 nitrogen and oxygen atoms in total. The number of anilines is 1. The van der Waals surface area contributed by atoms with Crippen LogP contribution < -0.4 is 25.2 Å². The van der Waals surface area contributed by atoms with Crippen LogP contribution >= 0.6 is 0 Å². The molecule has 1 aromatic heterocycles. The fourth-order valence-corrected chi connectivity index (χ4v) is 4.00. The summed E-state index contributed by atoms with van der Waals surface area (Å²) in [4.78, 5) is 39.2. The molecule has 0 spiro atoms. The number of hydrogen-bond donors (Lipinski definition) is 2. The number of nitrogens with zero attached hydrogens (tertiary/aromatic N) is 2. The quantitative estimate of drug-likeness (QED) is 0.629. The van der Waals surface area contributed by atoms with Gasteiger partial charge in [-0.15, -0.1) is 0 Å². The van der Waals surface area contributed by atoms with Crippen LogP contribution in [-0.4, -0.2) is 35.6 Å². The summed E-state index contributed by atoms with van der Waals surface area (Å²) in [6.45, 7) is 0.364. The topological polar surface area (TPSA) is 102 Å². The van der Waals surface area contributed by atoms with E-state index in [-0.39, 0.29) is 25.7 Å². The number of para-hydroxylation sites is 1. The van der Waals surface area contributed by atoms with E-state index in [2.05, 4.69) is 10.9 Å². The zero-order valence-corrected chi connectivity index (χ0v) is 16.8. The summed E-state index contributed by atoms with van der Waals surface area (Å²) in [5, 5.41) is 0.793. The van der Waals surface area contributed by atoms with E-state index in [1.165, 1.54) is 0 Å². The molecular formula is C22H20N4O5. The molecule has 5 rings (SSSR count). The minimum Gasteiger partial charge on any atom is -0.454 e. The molecule has 0 radical (unpaired) electrons. The number of aryl methyl sites for hydroxylation is 1. The number of amides is 3. The fourth-order valence-electron chi connectivity index (χ4n) is 4.00. The number of carbonyl (C=O) groups is 3. The van der Waals surface area contributed by atoms with Crippen molar-refractivity contribution in [3.8, 4) is 11.5 Å². The monoisotopic (exact) mass is 420 g/mol. The van der Waals surface area contributed by atoms with Crippen LogP contribution in [0.5, 0.6) is 11.5 Å². The summed E-state index contributed by atoms with van der Waals surface area (Å²) in [5.74, 6) is -0.376. The number of ether oxygens (including phenoxy) is 2. The zero-order valence-electron chi connectivity index (χ0n) is 16.8. The van der Waals surface area contributed by atoms with Gasteiger partial charge in [0.15, 0.2) is 11.5 Å². The predicted octanol–water partition coefficient (Wildman–Crippen LogP) is 1.72. The first-order valence-corrected chi connectivity index (χ1v) is 9.85. The molecule has 1 unspecified atom stereocenters. The van der Waals surface area contributed by atoms with Crippen molar-refractivity contribution in [3.63, 3.8) is 0 Å². The van der Waals surface area contributed by atoms with Crippen LogP contribution in [0.3, 0.4) is 0 Å². The average Bonchev–Trinajstić information content (AvgIpc) is 3.48.